The first kappa shape index (κ1) is 10.2. The average Bonchev–Trinajstić information content (AvgIpc) is 2.06. The SMILES string of the molecule is NC(S)N1CCN(CCF)CC1. The highest BCUT2D eigenvalue weighted by Gasteiger charge is 2.18. The van der Waals surface area contributed by atoms with Gasteiger partial charge in [-0.25, -0.2) is 4.39 Å². The summed E-state index contributed by atoms with van der Waals surface area (Å²) in [7, 11) is 0. The molecule has 1 rings (SSSR count). The first-order valence-electron chi connectivity index (χ1n) is 4.20. The molecule has 3 nitrogen and oxygen atoms in total. The molecule has 1 aliphatic heterocycles. The van der Waals surface area contributed by atoms with Crippen molar-refractivity contribution >= 4 is 12.6 Å². The standard InChI is InChI=1S/C7H16FN3S/c8-1-2-10-3-5-11(6-4-10)7(9)12/h7,12H,1-6,9H2. The molecule has 1 saturated heterocycles. The number of alkyl halides is 1. The molecule has 72 valence electrons. The van der Waals surface area contributed by atoms with Crippen molar-refractivity contribution in [1.29, 1.82) is 0 Å². The largest absolute Gasteiger partial charge is 0.307 e. The number of thiol groups is 1. The Morgan fingerprint density at radius 3 is 2.33 bits per heavy atom. The van der Waals surface area contributed by atoms with Gasteiger partial charge < -0.3 is 5.73 Å². The fraction of sp³-hybridized carbons (Fsp3) is 1.00. The Hall–Kier alpha value is 0.160. The van der Waals surface area contributed by atoms with Gasteiger partial charge in [0.15, 0.2) is 0 Å². The Labute approximate surface area is 78.1 Å². The van der Waals surface area contributed by atoms with Gasteiger partial charge in [0.25, 0.3) is 0 Å². The lowest BCUT2D eigenvalue weighted by molar-refractivity contribution is 0.120. The van der Waals surface area contributed by atoms with Crippen LogP contribution in [-0.4, -0.2) is 54.7 Å². The quantitative estimate of drug-likeness (QED) is 0.479. The van der Waals surface area contributed by atoms with Crippen molar-refractivity contribution in [3.63, 3.8) is 0 Å². The van der Waals surface area contributed by atoms with Crippen LogP contribution in [0.4, 0.5) is 4.39 Å². The molecule has 5 heteroatoms. The summed E-state index contributed by atoms with van der Waals surface area (Å²) in [6, 6.07) is 0. The number of rotatable bonds is 3. The van der Waals surface area contributed by atoms with Crippen LogP contribution in [-0.2, 0) is 0 Å². The van der Waals surface area contributed by atoms with Crippen LogP contribution in [0.1, 0.15) is 0 Å². The zero-order valence-electron chi connectivity index (χ0n) is 7.12. The maximum Gasteiger partial charge on any atom is 0.103 e. The number of hydrogen-bond donors (Lipinski definition) is 2. The van der Waals surface area contributed by atoms with Gasteiger partial charge in [-0.05, 0) is 0 Å². The Balaban J connectivity index is 2.20. The van der Waals surface area contributed by atoms with E-state index in [0.29, 0.717) is 6.54 Å². The molecule has 0 aliphatic carbocycles. The van der Waals surface area contributed by atoms with E-state index in [1.54, 1.807) is 0 Å². The second-order valence-corrected chi connectivity index (χ2v) is 3.51. The maximum absolute atomic E-state index is 11.9. The van der Waals surface area contributed by atoms with Crippen molar-refractivity contribution in [2.45, 2.75) is 5.50 Å². The molecule has 0 aromatic heterocycles. The number of nitrogens with two attached hydrogens (primary N) is 1. The first-order chi connectivity index (χ1) is 5.74. The van der Waals surface area contributed by atoms with Crippen LogP contribution in [0, 0.1) is 0 Å². The molecule has 0 aromatic rings. The van der Waals surface area contributed by atoms with E-state index in [1.807, 2.05) is 0 Å². The van der Waals surface area contributed by atoms with Crippen LogP contribution < -0.4 is 5.73 Å². The summed E-state index contributed by atoms with van der Waals surface area (Å²) < 4.78 is 11.9. The van der Waals surface area contributed by atoms with Gasteiger partial charge in [-0.1, -0.05) is 0 Å². The van der Waals surface area contributed by atoms with E-state index in [-0.39, 0.29) is 12.2 Å². The molecular weight excluding hydrogens is 177 g/mol. The predicted octanol–water partition coefficient (Wildman–Crippen LogP) is -0.254. The lowest BCUT2D eigenvalue weighted by atomic mass is 10.3. The van der Waals surface area contributed by atoms with Gasteiger partial charge in [0.1, 0.15) is 12.2 Å². The maximum atomic E-state index is 11.9. The lowest BCUT2D eigenvalue weighted by Crippen LogP contribution is -2.51. The van der Waals surface area contributed by atoms with E-state index < -0.39 is 0 Å². The smallest absolute Gasteiger partial charge is 0.103 e. The molecule has 0 saturated carbocycles. The molecule has 1 fully saturated rings. The fourth-order valence-corrected chi connectivity index (χ4v) is 1.60. The van der Waals surface area contributed by atoms with Gasteiger partial charge in [-0.3, -0.25) is 9.80 Å². The van der Waals surface area contributed by atoms with E-state index in [1.165, 1.54) is 0 Å². The van der Waals surface area contributed by atoms with E-state index >= 15 is 0 Å². The summed E-state index contributed by atoms with van der Waals surface area (Å²) in [4.78, 5) is 4.19. The number of halogens is 1. The zero-order valence-corrected chi connectivity index (χ0v) is 8.01. The normalized spacial score (nSPS) is 24.2. The molecular formula is C7H16FN3S. The minimum atomic E-state index is -0.257. The molecule has 0 amide bonds. The van der Waals surface area contributed by atoms with Crippen molar-refractivity contribution < 1.29 is 4.39 Å². The predicted molar refractivity (Wildman–Crippen MR) is 50.9 cm³/mol. The monoisotopic (exact) mass is 193 g/mol. The van der Waals surface area contributed by atoms with Gasteiger partial charge in [-0.2, -0.15) is 0 Å². The Bertz CT molecular complexity index is 126. The van der Waals surface area contributed by atoms with Gasteiger partial charge >= 0.3 is 0 Å². The molecule has 0 spiro atoms. The van der Waals surface area contributed by atoms with Gasteiger partial charge in [0.2, 0.25) is 0 Å². The molecule has 1 unspecified atom stereocenters. The van der Waals surface area contributed by atoms with E-state index in [0.717, 1.165) is 26.2 Å². The average molecular weight is 193 g/mol. The van der Waals surface area contributed by atoms with Crippen molar-refractivity contribution in [2.24, 2.45) is 5.73 Å². The van der Waals surface area contributed by atoms with Crippen LogP contribution in [0.15, 0.2) is 0 Å². The van der Waals surface area contributed by atoms with Crippen LogP contribution in [0.25, 0.3) is 0 Å². The Morgan fingerprint density at radius 1 is 1.33 bits per heavy atom. The molecule has 1 atom stereocenters. The third-order valence-corrected chi connectivity index (χ3v) is 2.51. The number of piperazine rings is 1. The molecule has 1 aliphatic rings. The Morgan fingerprint density at radius 2 is 1.92 bits per heavy atom. The second-order valence-electron chi connectivity index (χ2n) is 2.98. The lowest BCUT2D eigenvalue weighted by Gasteiger charge is -2.35. The summed E-state index contributed by atoms with van der Waals surface area (Å²) in [5, 5.41) is 0. The third-order valence-electron chi connectivity index (χ3n) is 2.18. The van der Waals surface area contributed by atoms with Crippen LogP contribution in [0.2, 0.25) is 0 Å². The zero-order chi connectivity index (χ0) is 8.97. The van der Waals surface area contributed by atoms with Crippen molar-refractivity contribution in [3.8, 4) is 0 Å². The van der Waals surface area contributed by atoms with Crippen LogP contribution in [0.3, 0.4) is 0 Å². The summed E-state index contributed by atoms with van der Waals surface area (Å²) in [6.07, 6.45) is 0. The molecule has 12 heavy (non-hydrogen) atoms. The topological polar surface area (TPSA) is 32.5 Å². The summed E-state index contributed by atoms with van der Waals surface area (Å²) in [5.74, 6) is 0. The van der Waals surface area contributed by atoms with Gasteiger partial charge in [0.05, 0.1) is 0 Å². The van der Waals surface area contributed by atoms with E-state index in [4.69, 9.17) is 5.73 Å². The van der Waals surface area contributed by atoms with Crippen LogP contribution >= 0.6 is 12.6 Å². The third kappa shape index (κ3) is 2.90. The molecule has 0 bridgehead atoms. The van der Waals surface area contributed by atoms with Crippen molar-refractivity contribution in [2.75, 3.05) is 39.4 Å². The highest BCUT2D eigenvalue weighted by Crippen LogP contribution is 2.04. The van der Waals surface area contributed by atoms with Crippen molar-refractivity contribution in [3.05, 3.63) is 0 Å². The molecule has 0 aromatic carbocycles. The first-order valence-corrected chi connectivity index (χ1v) is 4.71. The molecule has 2 N–H and O–H groups in total. The van der Waals surface area contributed by atoms with Crippen LogP contribution in [0.5, 0.6) is 0 Å². The second kappa shape index (κ2) is 5.01. The highest BCUT2D eigenvalue weighted by atomic mass is 32.1. The van der Waals surface area contributed by atoms with E-state index in [2.05, 4.69) is 22.4 Å². The van der Waals surface area contributed by atoms with Crippen molar-refractivity contribution in [1.82, 2.24) is 9.80 Å². The minimum Gasteiger partial charge on any atom is -0.307 e. The highest BCUT2D eigenvalue weighted by molar-refractivity contribution is 7.80. The summed E-state index contributed by atoms with van der Waals surface area (Å²) in [5.41, 5.74) is 5.42. The fourth-order valence-electron chi connectivity index (χ4n) is 1.37. The number of hydrogen-bond acceptors (Lipinski definition) is 4. The van der Waals surface area contributed by atoms with E-state index in [9.17, 15) is 4.39 Å². The number of nitrogens with zero attached hydrogens (tertiary/aromatic N) is 2. The summed E-state index contributed by atoms with van der Waals surface area (Å²) in [6.45, 7) is 3.88. The minimum absolute atomic E-state index is 0.169. The molecule has 0 radical (unpaired) electrons. The van der Waals surface area contributed by atoms with Gasteiger partial charge in [-0.15, -0.1) is 12.6 Å². The van der Waals surface area contributed by atoms with Gasteiger partial charge in [0, 0.05) is 32.7 Å². The Kier molecular flexibility index (Phi) is 4.28. The summed E-state index contributed by atoms with van der Waals surface area (Å²) >= 11 is 4.13. The molecule has 1 heterocycles.